The monoisotopic (exact) mass is 311 g/mol. The minimum absolute atomic E-state index is 0.124. The molecule has 2 aliphatic rings. The van der Waals surface area contributed by atoms with Crippen LogP contribution in [-0.4, -0.2) is 48.4 Å². The fourth-order valence-corrected chi connectivity index (χ4v) is 2.95. The van der Waals surface area contributed by atoms with Crippen LogP contribution in [-0.2, 0) is 11.3 Å². The molecule has 118 valence electrons. The molecule has 1 atom stereocenters. The number of hydrogen-bond donors (Lipinski definition) is 0. The molecule has 0 bridgehead atoms. The van der Waals surface area contributed by atoms with Crippen LogP contribution in [0.3, 0.4) is 0 Å². The summed E-state index contributed by atoms with van der Waals surface area (Å²) in [6.07, 6.45) is 8.86. The second-order valence-electron chi connectivity index (χ2n) is 6.02. The molecule has 1 aliphatic carbocycles. The largest absolute Gasteiger partial charge is 0.328 e. The molecule has 1 saturated carbocycles. The van der Waals surface area contributed by atoms with Crippen molar-refractivity contribution < 1.29 is 9.59 Å². The predicted octanol–water partition coefficient (Wildman–Crippen LogP) is 1.58. The van der Waals surface area contributed by atoms with Crippen LogP contribution in [0.15, 0.2) is 37.1 Å². The Labute approximate surface area is 133 Å². The highest BCUT2D eigenvalue weighted by Crippen LogP contribution is 2.33. The van der Waals surface area contributed by atoms with Crippen molar-refractivity contribution in [1.29, 1.82) is 0 Å². The van der Waals surface area contributed by atoms with Crippen molar-refractivity contribution in [2.75, 3.05) is 0 Å². The van der Waals surface area contributed by atoms with Crippen LogP contribution in [0.4, 0.5) is 4.79 Å². The number of hydrogen-bond acceptors (Lipinski definition) is 4. The van der Waals surface area contributed by atoms with Crippen LogP contribution in [0.1, 0.15) is 25.3 Å². The SMILES string of the molecule is CC1C(=O)N(Cc2ccc(-n3ccnc3)nc2)C(=O)N1C1CC1. The number of imidazole rings is 1. The summed E-state index contributed by atoms with van der Waals surface area (Å²) < 4.78 is 1.80. The smallest absolute Gasteiger partial charge is 0.310 e. The first-order valence-corrected chi connectivity index (χ1v) is 7.72. The average molecular weight is 311 g/mol. The number of rotatable bonds is 4. The zero-order valence-electron chi connectivity index (χ0n) is 12.8. The summed E-state index contributed by atoms with van der Waals surface area (Å²) in [4.78, 5) is 36.2. The van der Waals surface area contributed by atoms with Crippen LogP contribution in [0.25, 0.3) is 5.82 Å². The van der Waals surface area contributed by atoms with Gasteiger partial charge in [0.05, 0.1) is 6.54 Å². The van der Waals surface area contributed by atoms with E-state index in [1.807, 2.05) is 18.3 Å². The molecule has 2 aromatic heterocycles. The Morgan fingerprint density at radius 2 is 2.09 bits per heavy atom. The first-order chi connectivity index (χ1) is 11.1. The maximum atomic E-state index is 12.5. The summed E-state index contributed by atoms with van der Waals surface area (Å²) in [7, 11) is 0. The molecular weight excluding hydrogens is 294 g/mol. The molecular formula is C16H17N5O2. The van der Waals surface area contributed by atoms with Gasteiger partial charge in [-0.15, -0.1) is 0 Å². The molecule has 3 heterocycles. The van der Waals surface area contributed by atoms with Gasteiger partial charge in [0, 0.05) is 24.6 Å². The number of amides is 3. The van der Waals surface area contributed by atoms with E-state index in [0.29, 0.717) is 0 Å². The third-order valence-electron chi connectivity index (χ3n) is 4.35. The van der Waals surface area contributed by atoms with E-state index in [4.69, 9.17) is 0 Å². The van der Waals surface area contributed by atoms with Crippen molar-refractivity contribution in [1.82, 2.24) is 24.3 Å². The van der Waals surface area contributed by atoms with Crippen molar-refractivity contribution in [2.24, 2.45) is 0 Å². The zero-order chi connectivity index (χ0) is 16.0. The Morgan fingerprint density at radius 3 is 2.70 bits per heavy atom. The fourth-order valence-electron chi connectivity index (χ4n) is 2.95. The van der Waals surface area contributed by atoms with Crippen LogP contribution in [0.2, 0.25) is 0 Å². The van der Waals surface area contributed by atoms with Gasteiger partial charge in [-0.25, -0.2) is 14.8 Å². The van der Waals surface area contributed by atoms with Gasteiger partial charge in [0.1, 0.15) is 18.2 Å². The van der Waals surface area contributed by atoms with Crippen LogP contribution >= 0.6 is 0 Å². The lowest BCUT2D eigenvalue weighted by Gasteiger charge is -2.18. The summed E-state index contributed by atoms with van der Waals surface area (Å²) >= 11 is 0. The Hall–Kier alpha value is -2.70. The van der Waals surface area contributed by atoms with E-state index < -0.39 is 0 Å². The first kappa shape index (κ1) is 13.9. The maximum absolute atomic E-state index is 12.5. The van der Waals surface area contributed by atoms with Gasteiger partial charge in [0.15, 0.2) is 0 Å². The Balaban J connectivity index is 1.51. The lowest BCUT2D eigenvalue weighted by atomic mass is 10.2. The minimum Gasteiger partial charge on any atom is -0.310 e. The number of carbonyl (C=O) groups is 2. The Bertz CT molecular complexity index is 736. The van der Waals surface area contributed by atoms with Crippen molar-refractivity contribution in [3.05, 3.63) is 42.6 Å². The zero-order valence-corrected chi connectivity index (χ0v) is 12.8. The maximum Gasteiger partial charge on any atom is 0.328 e. The van der Waals surface area contributed by atoms with Crippen LogP contribution in [0, 0.1) is 0 Å². The summed E-state index contributed by atoms with van der Waals surface area (Å²) in [5.41, 5.74) is 0.834. The van der Waals surface area contributed by atoms with Gasteiger partial charge in [-0.2, -0.15) is 0 Å². The van der Waals surface area contributed by atoms with E-state index >= 15 is 0 Å². The van der Waals surface area contributed by atoms with Gasteiger partial charge < -0.3 is 4.90 Å². The van der Waals surface area contributed by atoms with Crippen molar-refractivity contribution in [2.45, 2.75) is 38.4 Å². The molecule has 0 radical (unpaired) electrons. The van der Waals surface area contributed by atoms with E-state index in [1.165, 1.54) is 4.90 Å². The number of aromatic nitrogens is 3. The fraction of sp³-hybridized carbons (Fsp3) is 0.375. The van der Waals surface area contributed by atoms with Crippen LogP contribution < -0.4 is 0 Å². The molecule has 1 unspecified atom stereocenters. The van der Waals surface area contributed by atoms with E-state index in [9.17, 15) is 9.59 Å². The summed E-state index contributed by atoms with van der Waals surface area (Å²) in [5, 5.41) is 0. The molecule has 7 nitrogen and oxygen atoms in total. The number of pyridine rings is 1. The average Bonchev–Trinajstić information content (AvgIpc) is 3.19. The van der Waals surface area contributed by atoms with Gasteiger partial charge in [0.2, 0.25) is 0 Å². The van der Waals surface area contributed by atoms with E-state index in [2.05, 4.69) is 9.97 Å². The van der Waals surface area contributed by atoms with Gasteiger partial charge in [0.25, 0.3) is 5.91 Å². The van der Waals surface area contributed by atoms with Gasteiger partial charge in [-0.3, -0.25) is 14.3 Å². The molecule has 0 spiro atoms. The standard InChI is InChI=1S/C16H17N5O2/c1-11-15(22)20(16(23)21(11)13-3-4-13)9-12-2-5-14(18-8-12)19-7-6-17-10-19/h2,5-8,10-11,13H,3-4,9H2,1H3. The van der Waals surface area contributed by atoms with Crippen LogP contribution in [0.5, 0.6) is 0 Å². The predicted molar refractivity (Wildman–Crippen MR) is 81.6 cm³/mol. The highest BCUT2D eigenvalue weighted by molar-refractivity contribution is 6.04. The first-order valence-electron chi connectivity index (χ1n) is 7.72. The van der Waals surface area contributed by atoms with Gasteiger partial charge in [-0.05, 0) is 31.4 Å². The number of carbonyl (C=O) groups excluding carboxylic acids is 2. The summed E-state index contributed by atoms with van der Waals surface area (Å²) in [6.45, 7) is 2.07. The third kappa shape index (κ3) is 2.38. The highest BCUT2D eigenvalue weighted by atomic mass is 16.2. The molecule has 3 amide bonds. The molecule has 4 rings (SSSR count). The third-order valence-corrected chi connectivity index (χ3v) is 4.35. The Kier molecular flexibility index (Phi) is 3.14. The quantitative estimate of drug-likeness (QED) is 0.804. The van der Waals surface area contributed by atoms with Crippen molar-refractivity contribution in [3.8, 4) is 5.82 Å². The molecule has 2 fully saturated rings. The second-order valence-corrected chi connectivity index (χ2v) is 6.02. The van der Waals surface area contributed by atoms with Crippen molar-refractivity contribution >= 4 is 11.9 Å². The van der Waals surface area contributed by atoms with E-state index in [-0.39, 0.29) is 30.6 Å². The van der Waals surface area contributed by atoms with Crippen molar-refractivity contribution in [3.63, 3.8) is 0 Å². The molecule has 2 aromatic rings. The van der Waals surface area contributed by atoms with E-state index in [1.54, 1.807) is 35.1 Å². The summed E-state index contributed by atoms with van der Waals surface area (Å²) in [6, 6.07) is 3.45. The molecule has 0 aromatic carbocycles. The normalized spacial score (nSPS) is 21.3. The van der Waals surface area contributed by atoms with Gasteiger partial charge >= 0.3 is 6.03 Å². The summed E-state index contributed by atoms with van der Waals surface area (Å²) in [5.74, 6) is 0.624. The topological polar surface area (TPSA) is 71.3 Å². The number of imide groups is 1. The minimum atomic E-state index is -0.354. The lowest BCUT2D eigenvalue weighted by molar-refractivity contribution is -0.128. The lowest BCUT2D eigenvalue weighted by Crippen LogP contribution is -2.35. The molecule has 1 saturated heterocycles. The number of nitrogens with zero attached hydrogens (tertiary/aromatic N) is 5. The highest BCUT2D eigenvalue weighted by Gasteiger charge is 2.48. The number of urea groups is 1. The molecule has 7 heteroatoms. The molecule has 1 aliphatic heterocycles. The van der Waals surface area contributed by atoms with E-state index in [0.717, 1.165) is 24.2 Å². The molecule has 0 N–H and O–H groups in total. The van der Waals surface area contributed by atoms with Gasteiger partial charge in [-0.1, -0.05) is 6.07 Å². The molecule has 23 heavy (non-hydrogen) atoms. The Morgan fingerprint density at radius 1 is 1.26 bits per heavy atom. The second kappa shape index (κ2) is 5.19.